The highest BCUT2D eigenvalue weighted by atomic mass is 16.5. The van der Waals surface area contributed by atoms with Gasteiger partial charge in [0, 0.05) is 7.05 Å². The van der Waals surface area contributed by atoms with Crippen molar-refractivity contribution in [2.24, 2.45) is 5.73 Å². The Bertz CT molecular complexity index is 363. The Kier molecular flexibility index (Phi) is 4.73. The summed E-state index contributed by atoms with van der Waals surface area (Å²) in [6.07, 6.45) is -0.823. The molecule has 1 rings (SSSR count). The molecule has 0 saturated heterocycles. The van der Waals surface area contributed by atoms with Gasteiger partial charge < -0.3 is 25.8 Å². The Labute approximate surface area is 97.7 Å². The van der Waals surface area contributed by atoms with Crippen LogP contribution in [0.1, 0.15) is 0 Å². The smallest absolute Gasteiger partial charge is 0.404 e. The van der Waals surface area contributed by atoms with Gasteiger partial charge in [-0.2, -0.15) is 15.0 Å². The van der Waals surface area contributed by atoms with Crippen LogP contribution < -0.4 is 21.1 Å². The number of nitrogens with zero attached hydrogens (tertiary/aromatic N) is 3. The highest BCUT2D eigenvalue weighted by Gasteiger charge is 2.05. The number of rotatable bonds is 6. The topological polar surface area (TPSA) is 124 Å². The summed E-state index contributed by atoms with van der Waals surface area (Å²) >= 11 is 0. The largest absolute Gasteiger partial charge is 0.467 e. The molecule has 1 heterocycles. The summed E-state index contributed by atoms with van der Waals surface area (Å²) in [6, 6.07) is 0.183. The highest BCUT2D eigenvalue weighted by molar-refractivity contribution is 5.64. The number of methoxy groups -OCH3 is 1. The van der Waals surface area contributed by atoms with Crippen LogP contribution in [-0.2, 0) is 4.74 Å². The highest BCUT2D eigenvalue weighted by Crippen LogP contribution is 2.09. The first-order valence-corrected chi connectivity index (χ1v) is 4.79. The molecule has 0 radical (unpaired) electrons. The summed E-state index contributed by atoms with van der Waals surface area (Å²) in [7, 11) is 3.13. The number of primary amides is 1. The van der Waals surface area contributed by atoms with E-state index in [2.05, 4.69) is 30.3 Å². The van der Waals surface area contributed by atoms with E-state index in [1.54, 1.807) is 7.05 Å². The first-order valence-electron chi connectivity index (χ1n) is 4.79. The number of carbonyl (C=O) groups is 1. The lowest BCUT2D eigenvalue weighted by molar-refractivity contribution is 0.161. The number of aromatic nitrogens is 3. The number of ether oxygens (including phenoxy) is 2. The van der Waals surface area contributed by atoms with Gasteiger partial charge in [0.1, 0.15) is 6.61 Å². The fraction of sp³-hybridized carbons (Fsp3) is 0.500. The maximum absolute atomic E-state index is 10.3. The van der Waals surface area contributed by atoms with Crippen molar-refractivity contribution in [3.8, 4) is 6.01 Å². The Morgan fingerprint density at radius 2 is 2.06 bits per heavy atom. The van der Waals surface area contributed by atoms with Gasteiger partial charge in [0.25, 0.3) is 0 Å². The average Bonchev–Trinajstić information content (AvgIpc) is 2.34. The third-order valence-electron chi connectivity index (χ3n) is 1.65. The molecule has 1 aromatic heterocycles. The van der Waals surface area contributed by atoms with Crippen LogP contribution in [0.4, 0.5) is 16.7 Å². The molecule has 0 saturated carbocycles. The van der Waals surface area contributed by atoms with E-state index in [4.69, 9.17) is 10.5 Å². The Morgan fingerprint density at radius 1 is 1.35 bits per heavy atom. The van der Waals surface area contributed by atoms with Crippen LogP contribution in [-0.4, -0.2) is 48.4 Å². The van der Waals surface area contributed by atoms with E-state index < -0.39 is 6.09 Å². The maximum Gasteiger partial charge on any atom is 0.404 e. The predicted octanol–water partition coefficient (Wildman–Crippen LogP) is -0.571. The number of nitrogens with one attached hydrogen (secondary N) is 2. The first kappa shape index (κ1) is 12.7. The third kappa shape index (κ3) is 4.36. The van der Waals surface area contributed by atoms with Gasteiger partial charge in [-0.25, -0.2) is 4.79 Å². The standard InChI is InChI=1S/C8H14N6O3/c1-10-6-12-7(14-8(13-6)16-2)11-3-4-17-5(9)15/h3-4H2,1-2H3,(H2,9,15)(H2,10,11,12,13,14). The average molecular weight is 242 g/mol. The molecule has 0 bridgehead atoms. The molecule has 94 valence electrons. The lowest BCUT2D eigenvalue weighted by Gasteiger charge is -2.07. The van der Waals surface area contributed by atoms with E-state index in [1.165, 1.54) is 7.11 Å². The van der Waals surface area contributed by atoms with Crippen LogP contribution in [0.2, 0.25) is 0 Å². The molecule has 0 aliphatic heterocycles. The van der Waals surface area contributed by atoms with Crippen molar-refractivity contribution in [1.82, 2.24) is 15.0 Å². The van der Waals surface area contributed by atoms with Gasteiger partial charge in [-0.3, -0.25) is 0 Å². The van der Waals surface area contributed by atoms with Crippen LogP contribution in [0.3, 0.4) is 0 Å². The van der Waals surface area contributed by atoms with E-state index >= 15 is 0 Å². The molecular weight excluding hydrogens is 228 g/mol. The van der Waals surface area contributed by atoms with Crippen LogP contribution in [0, 0.1) is 0 Å². The van der Waals surface area contributed by atoms with E-state index in [9.17, 15) is 4.79 Å². The van der Waals surface area contributed by atoms with Crippen molar-refractivity contribution in [1.29, 1.82) is 0 Å². The van der Waals surface area contributed by atoms with Crippen LogP contribution in [0.25, 0.3) is 0 Å². The van der Waals surface area contributed by atoms with Gasteiger partial charge in [0.15, 0.2) is 0 Å². The maximum atomic E-state index is 10.3. The molecule has 0 unspecified atom stereocenters. The zero-order valence-electron chi connectivity index (χ0n) is 9.56. The van der Waals surface area contributed by atoms with E-state index in [-0.39, 0.29) is 12.6 Å². The monoisotopic (exact) mass is 242 g/mol. The second-order valence-corrected chi connectivity index (χ2v) is 2.81. The quantitative estimate of drug-likeness (QED) is 0.566. The fourth-order valence-electron chi connectivity index (χ4n) is 0.953. The van der Waals surface area contributed by atoms with E-state index in [0.29, 0.717) is 18.4 Å². The fourth-order valence-corrected chi connectivity index (χ4v) is 0.953. The molecule has 1 aromatic rings. The van der Waals surface area contributed by atoms with Gasteiger partial charge in [0.2, 0.25) is 11.9 Å². The molecule has 9 nitrogen and oxygen atoms in total. The molecular formula is C8H14N6O3. The van der Waals surface area contributed by atoms with Gasteiger partial charge in [-0.15, -0.1) is 0 Å². The normalized spacial score (nSPS) is 9.53. The molecule has 0 aliphatic rings. The van der Waals surface area contributed by atoms with Crippen molar-refractivity contribution in [3.63, 3.8) is 0 Å². The van der Waals surface area contributed by atoms with Gasteiger partial charge in [-0.05, 0) is 0 Å². The van der Waals surface area contributed by atoms with Gasteiger partial charge >= 0.3 is 12.1 Å². The summed E-state index contributed by atoms with van der Waals surface area (Å²) in [5, 5.41) is 5.60. The number of hydrogen-bond acceptors (Lipinski definition) is 8. The molecule has 0 aliphatic carbocycles. The zero-order chi connectivity index (χ0) is 12.7. The van der Waals surface area contributed by atoms with E-state index in [0.717, 1.165) is 0 Å². The van der Waals surface area contributed by atoms with Crippen molar-refractivity contribution in [2.45, 2.75) is 0 Å². The molecule has 9 heteroatoms. The summed E-state index contributed by atoms with van der Waals surface area (Å²) in [5.41, 5.74) is 4.80. The molecule has 4 N–H and O–H groups in total. The Balaban J connectivity index is 2.54. The second kappa shape index (κ2) is 6.30. The summed E-state index contributed by atoms with van der Waals surface area (Å²) < 4.78 is 9.43. The molecule has 0 spiro atoms. The minimum atomic E-state index is -0.823. The van der Waals surface area contributed by atoms with Crippen LogP contribution in [0.5, 0.6) is 6.01 Å². The van der Waals surface area contributed by atoms with Crippen molar-refractivity contribution in [2.75, 3.05) is 37.9 Å². The molecule has 0 atom stereocenters. The molecule has 17 heavy (non-hydrogen) atoms. The van der Waals surface area contributed by atoms with Crippen molar-refractivity contribution >= 4 is 18.0 Å². The van der Waals surface area contributed by atoms with Crippen LogP contribution >= 0.6 is 0 Å². The van der Waals surface area contributed by atoms with Crippen molar-refractivity contribution in [3.05, 3.63) is 0 Å². The van der Waals surface area contributed by atoms with Gasteiger partial charge in [0.05, 0.1) is 13.7 Å². The second-order valence-electron chi connectivity index (χ2n) is 2.81. The zero-order valence-corrected chi connectivity index (χ0v) is 9.56. The molecule has 0 aromatic carbocycles. The first-order chi connectivity index (χ1) is 8.15. The third-order valence-corrected chi connectivity index (χ3v) is 1.65. The Hall–Kier alpha value is -2.32. The minimum absolute atomic E-state index is 0.123. The predicted molar refractivity (Wildman–Crippen MR) is 60.0 cm³/mol. The number of carbonyl (C=O) groups excluding carboxylic acids is 1. The SMILES string of the molecule is CNc1nc(NCCOC(N)=O)nc(OC)n1. The lowest BCUT2D eigenvalue weighted by Crippen LogP contribution is -2.19. The minimum Gasteiger partial charge on any atom is -0.467 e. The number of nitrogens with two attached hydrogens (primary N) is 1. The summed E-state index contributed by atoms with van der Waals surface area (Å²) in [5.74, 6) is 0.685. The van der Waals surface area contributed by atoms with Crippen LogP contribution in [0.15, 0.2) is 0 Å². The number of anilines is 2. The summed E-state index contributed by atoms with van der Waals surface area (Å²) in [4.78, 5) is 22.2. The van der Waals surface area contributed by atoms with Crippen molar-refractivity contribution < 1.29 is 14.3 Å². The van der Waals surface area contributed by atoms with E-state index in [1.807, 2.05) is 0 Å². The lowest BCUT2D eigenvalue weighted by atomic mass is 10.7. The molecule has 0 fully saturated rings. The molecule has 1 amide bonds. The Morgan fingerprint density at radius 3 is 2.65 bits per heavy atom. The number of amides is 1. The van der Waals surface area contributed by atoms with Gasteiger partial charge in [-0.1, -0.05) is 0 Å². The number of hydrogen-bond donors (Lipinski definition) is 3. The summed E-state index contributed by atoms with van der Waals surface area (Å²) in [6.45, 7) is 0.456.